The molecule has 3 N–H and O–H groups in total. The highest BCUT2D eigenvalue weighted by atomic mass is 16.3. The van der Waals surface area contributed by atoms with Gasteiger partial charge in [0, 0.05) is 36.4 Å². The highest BCUT2D eigenvalue weighted by Gasteiger charge is 2.28. The number of hydrogen-bond donors (Lipinski definition) is 2. The van der Waals surface area contributed by atoms with E-state index in [2.05, 4.69) is 29.0 Å². The van der Waals surface area contributed by atoms with Crippen LogP contribution in [0.4, 0.5) is 17.1 Å². The molecule has 0 saturated carbocycles. The fourth-order valence-electron chi connectivity index (χ4n) is 5.06. The Bertz CT molecular complexity index is 1630. The van der Waals surface area contributed by atoms with Gasteiger partial charge in [-0.1, -0.05) is 0 Å². The largest absolute Gasteiger partial charge is 0.494 e. The van der Waals surface area contributed by atoms with Crippen LogP contribution in [0.15, 0.2) is 93.1 Å². The Morgan fingerprint density at radius 3 is 2.38 bits per heavy atom. The third kappa shape index (κ3) is 4.68. The summed E-state index contributed by atoms with van der Waals surface area (Å²) in [5.41, 5.74) is 9.54. The lowest BCUT2D eigenvalue weighted by Crippen LogP contribution is -2.28. The lowest BCUT2D eigenvalue weighted by atomic mass is 10.1. The summed E-state index contributed by atoms with van der Waals surface area (Å²) in [6.45, 7) is 4.09. The van der Waals surface area contributed by atoms with Gasteiger partial charge in [0.1, 0.15) is 5.71 Å². The van der Waals surface area contributed by atoms with Crippen LogP contribution in [0.5, 0.6) is 5.88 Å². The molecule has 5 aromatic rings. The van der Waals surface area contributed by atoms with E-state index in [1.54, 1.807) is 48.7 Å². The molecule has 6 rings (SSSR count). The number of hydrogen-bond acceptors (Lipinski definition) is 8. The molecule has 1 fully saturated rings. The maximum Gasteiger partial charge on any atom is 0.300 e. The number of aliphatic imine (C=N–C) groups is 1. The molecular formula is C30H29N5O4. The number of furan rings is 2. The van der Waals surface area contributed by atoms with Crippen molar-refractivity contribution in [1.29, 1.82) is 0 Å². The number of rotatable bonds is 5. The van der Waals surface area contributed by atoms with Gasteiger partial charge in [0.15, 0.2) is 11.5 Å². The van der Waals surface area contributed by atoms with E-state index in [1.165, 1.54) is 10.8 Å². The molecule has 0 radical (unpaired) electrons. The zero-order valence-electron chi connectivity index (χ0n) is 21.6. The minimum absolute atomic E-state index is 0.0861. The molecule has 3 aromatic heterocycles. The van der Waals surface area contributed by atoms with E-state index >= 15 is 0 Å². The second-order valence-electron chi connectivity index (χ2n) is 9.69. The Kier molecular flexibility index (Phi) is 6.42. The van der Waals surface area contributed by atoms with Gasteiger partial charge in [0.05, 0.1) is 29.3 Å². The summed E-state index contributed by atoms with van der Waals surface area (Å²) in [5, 5.41) is 12.1. The lowest BCUT2D eigenvalue weighted by Gasteiger charge is -2.22. The van der Waals surface area contributed by atoms with Gasteiger partial charge in [0.25, 0.3) is 0 Å². The fourth-order valence-corrected chi connectivity index (χ4v) is 5.06. The third-order valence-electron chi connectivity index (χ3n) is 7.07. The van der Waals surface area contributed by atoms with E-state index in [9.17, 15) is 9.90 Å². The Hall–Kier alpha value is -4.76. The first-order valence-corrected chi connectivity index (χ1v) is 12.9. The summed E-state index contributed by atoms with van der Waals surface area (Å²) in [5.74, 6) is -0.266. The van der Waals surface area contributed by atoms with Crippen LogP contribution in [0.3, 0.4) is 0 Å². The second kappa shape index (κ2) is 10.2. The second-order valence-corrected chi connectivity index (χ2v) is 9.69. The van der Waals surface area contributed by atoms with Crippen molar-refractivity contribution in [2.24, 2.45) is 4.99 Å². The summed E-state index contributed by atoms with van der Waals surface area (Å²) in [7, 11) is 2.15. The molecular weight excluding hydrogens is 494 g/mol. The molecule has 198 valence electrons. The normalized spacial score (nSPS) is 15.1. The predicted octanol–water partition coefficient (Wildman–Crippen LogP) is 5.11. The number of anilines is 2. The Morgan fingerprint density at radius 1 is 0.923 bits per heavy atom. The number of aromatic nitrogens is 1. The summed E-state index contributed by atoms with van der Waals surface area (Å²) in [6.07, 6.45) is 4.07. The van der Waals surface area contributed by atoms with E-state index in [1.807, 2.05) is 12.1 Å². The standard InChI is InChI=1S/C30H29N5O4/c1-33-13-4-14-34(16-15-33)22-10-8-21(9-11-22)32-28(25-5-2-17-38-25)27-23-12-7-20(31)19-24(23)35(30(27)37)29(36)26-6-3-18-39-26/h2-3,5-12,17-19,37H,4,13-16,31H2,1H3. The maximum atomic E-state index is 13.4. The SMILES string of the molecule is CN1CCCN(c2ccc(N=C(c3ccco3)c3c(O)n(C(=O)c4ccco4)c4cc(N)ccc34)cc2)CC1. The minimum atomic E-state index is -0.523. The molecule has 0 bridgehead atoms. The van der Waals surface area contributed by atoms with Crippen molar-refractivity contribution >= 4 is 39.6 Å². The zero-order valence-corrected chi connectivity index (χ0v) is 21.6. The fraction of sp³-hybridized carbons (Fsp3) is 0.200. The maximum absolute atomic E-state index is 13.4. The highest BCUT2D eigenvalue weighted by molar-refractivity contribution is 6.22. The van der Waals surface area contributed by atoms with Crippen molar-refractivity contribution in [3.63, 3.8) is 0 Å². The quantitative estimate of drug-likeness (QED) is 0.243. The molecule has 4 heterocycles. The topological polar surface area (TPSA) is 113 Å². The first-order chi connectivity index (χ1) is 19.0. The number of benzene rings is 2. The predicted molar refractivity (Wildman–Crippen MR) is 151 cm³/mol. The Labute approximate surface area is 225 Å². The summed E-state index contributed by atoms with van der Waals surface area (Å²) in [6, 6.07) is 19.9. The molecule has 1 aliphatic heterocycles. The van der Waals surface area contributed by atoms with Crippen LogP contribution in [0.1, 0.15) is 28.3 Å². The van der Waals surface area contributed by atoms with Crippen LogP contribution >= 0.6 is 0 Å². The van der Waals surface area contributed by atoms with Crippen molar-refractivity contribution < 1.29 is 18.7 Å². The van der Waals surface area contributed by atoms with E-state index in [0.717, 1.165) is 38.3 Å². The number of aromatic hydroxyl groups is 1. The molecule has 0 atom stereocenters. The number of fused-ring (bicyclic) bond motifs is 1. The molecule has 0 unspecified atom stereocenters. The lowest BCUT2D eigenvalue weighted by molar-refractivity contribution is 0.0929. The molecule has 0 amide bonds. The number of likely N-dealkylation sites (N-methyl/N-ethyl adjacent to an activating group) is 1. The molecule has 1 saturated heterocycles. The highest BCUT2D eigenvalue weighted by Crippen LogP contribution is 2.36. The molecule has 2 aromatic carbocycles. The summed E-state index contributed by atoms with van der Waals surface area (Å²) < 4.78 is 12.3. The van der Waals surface area contributed by atoms with Gasteiger partial charge in [0.2, 0.25) is 5.88 Å². The van der Waals surface area contributed by atoms with Gasteiger partial charge in [-0.3, -0.25) is 4.79 Å². The molecule has 0 spiro atoms. The smallest absolute Gasteiger partial charge is 0.300 e. The monoisotopic (exact) mass is 523 g/mol. The average molecular weight is 524 g/mol. The first kappa shape index (κ1) is 24.6. The number of carbonyl (C=O) groups excluding carboxylic acids is 1. The van der Waals surface area contributed by atoms with Gasteiger partial charge in [-0.15, -0.1) is 0 Å². The van der Waals surface area contributed by atoms with E-state index in [4.69, 9.17) is 19.6 Å². The number of nitrogen functional groups attached to an aromatic ring is 1. The molecule has 39 heavy (non-hydrogen) atoms. The zero-order chi connectivity index (χ0) is 26.9. The van der Waals surface area contributed by atoms with Crippen LogP contribution in [0.25, 0.3) is 10.9 Å². The van der Waals surface area contributed by atoms with Crippen molar-refractivity contribution in [3.8, 4) is 5.88 Å². The average Bonchev–Trinajstić information content (AvgIpc) is 3.68. The third-order valence-corrected chi connectivity index (χ3v) is 7.07. The van der Waals surface area contributed by atoms with Gasteiger partial charge < -0.3 is 29.5 Å². The Morgan fingerprint density at radius 2 is 1.67 bits per heavy atom. The van der Waals surface area contributed by atoms with Crippen molar-refractivity contribution in [1.82, 2.24) is 9.47 Å². The summed E-state index contributed by atoms with van der Waals surface area (Å²) in [4.78, 5) is 23.0. The van der Waals surface area contributed by atoms with Gasteiger partial charge in [-0.2, -0.15) is 0 Å². The van der Waals surface area contributed by atoms with Crippen LogP contribution in [-0.4, -0.2) is 59.4 Å². The van der Waals surface area contributed by atoms with Crippen LogP contribution in [0, 0.1) is 0 Å². The van der Waals surface area contributed by atoms with E-state index in [-0.39, 0.29) is 11.6 Å². The summed E-state index contributed by atoms with van der Waals surface area (Å²) >= 11 is 0. The molecule has 9 nitrogen and oxygen atoms in total. The van der Waals surface area contributed by atoms with Gasteiger partial charge in [-0.25, -0.2) is 9.56 Å². The van der Waals surface area contributed by atoms with Gasteiger partial charge in [-0.05, 0) is 86.7 Å². The van der Waals surface area contributed by atoms with Crippen LogP contribution < -0.4 is 10.6 Å². The Balaban J connectivity index is 1.46. The van der Waals surface area contributed by atoms with Crippen molar-refractivity contribution in [2.75, 3.05) is 43.9 Å². The first-order valence-electron chi connectivity index (χ1n) is 12.9. The van der Waals surface area contributed by atoms with Crippen molar-refractivity contribution in [2.45, 2.75) is 6.42 Å². The van der Waals surface area contributed by atoms with Crippen molar-refractivity contribution in [3.05, 3.63) is 96.3 Å². The van der Waals surface area contributed by atoms with Crippen LogP contribution in [-0.2, 0) is 0 Å². The van der Waals surface area contributed by atoms with Crippen LogP contribution in [0.2, 0.25) is 0 Å². The molecule has 0 aliphatic carbocycles. The molecule has 9 heteroatoms. The van der Waals surface area contributed by atoms with E-state index in [0.29, 0.717) is 39.3 Å². The minimum Gasteiger partial charge on any atom is -0.494 e. The molecule has 1 aliphatic rings. The number of carbonyl (C=O) groups is 1. The number of nitrogens with two attached hydrogens (primary N) is 1. The number of nitrogens with zero attached hydrogens (tertiary/aromatic N) is 4. The van der Waals surface area contributed by atoms with Gasteiger partial charge >= 0.3 is 5.91 Å². The van der Waals surface area contributed by atoms with E-state index < -0.39 is 5.91 Å².